The van der Waals surface area contributed by atoms with Crippen LogP contribution < -0.4 is 5.32 Å². The van der Waals surface area contributed by atoms with E-state index in [2.05, 4.69) is 36.5 Å². The molecule has 1 fully saturated rings. The molecular weight excluding hydrogens is 250 g/mol. The Balaban J connectivity index is 1.89. The molecule has 1 aromatic carbocycles. The lowest BCUT2D eigenvalue weighted by atomic mass is 9.77. The van der Waals surface area contributed by atoms with E-state index in [1.54, 1.807) is 7.11 Å². The highest BCUT2D eigenvalue weighted by Gasteiger charge is 2.32. The van der Waals surface area contributed by atoms with Crippen LogP contribution in [0.25, 0.3) is 0 Å². The van der Waals surface area contributed by atoms with Crippen molar-refractivity contribution in [1.29, 1.82) is 0 Å². The second-order valence-corrected chi connectivity index (χ2v) is 6.22. The molecule has 0 radical (unpaired) electrons. The summed E-state index contributed by atoms with van der Waals surface area (Å²) in [5.41, 5.74) is 2.38. The molecule has 3 heteroatoms. The van der Waals surface area contributed by atoms with Gasteiger partial charge >= 0.3 is 0 Å². The summed E-state index contributed by atoms with van der Waals surface area (Å²) >= 11 is 0. The second-order valence-electron chi connectivity index (χ2n) is 6.22. The summed E-state index contributed by atoms with van der Waals surface area (Å²) in [6, 6.07) is 8.49. The number of nitrogens with one attached hydrogen (secondary N) is 1. The van der Waals surface area contributed by atoms with Crippen LogP contribution in [0.4, 0.5) is 0 Å². The quantitative estimate of drug-likeness (QED) is 0.840. The first kappa shape index (κ1) is 15.5. The minimum absolute atomic E-state index is 0.0717. The lowest BCUT2D eigenvalue weighted by molar-refractivity contribution is 0.104. The zero-order chi connectivity index (χ0) is 14.4. The Morgan fingerprint density at radius 1 is 1.20 bits per heavy atom. The Morgan fingerprint density at radius 2 is 1.80 bits per heavy atom. The molecule has 1 aliphatic carbocycles. The maximum absolute atomic E-state index is 9.74. The van der Waals surface area contributed by atoms with Gasteiger partial charge < -0.3 is 15.2 Å². The van der Waals surface area contributed by atoms with E-state index in [-0.39, 0.29) is 12.1 Å². The molecule has 0 atom stereocenters. The molecule has 0 heterocycles. The van der Waals surface area contributed by atoms with Crippen LogP contribution in [0.3, 0.4) is 0 Å². The summed E-state index contributed by atoms with van der Waals surface area (Å²) < 4.78 is 5.12. The highest BCUT2D eigenvalue weighted by atomic mass is 16.5. The summed E-state index contributed by atoms with van der Waals surface area (Å²) in [4.78, 5) is 0. The lowest BCUT2D eigenvalue weighted by Gasteiger charge is -2.39. The van der Waals surface area contributed by atoms with Crippen LogP contribution in [0.5, 0.6) is 0 Å². The molecule has 2 N–H and O–H groups in total. The predicted octanol–water partition coefficient (Wildman–Crippen LogP) is 2.86. The van der Waals surface area contributed by atoms with E-state index in [1.807, 2.05) is 0 Å². The van der Waals surface area contributed by atoms with Gasteiger partial charge in [-0.3, -0.25) is 0 Å². The molecule has 0 aromatic heterocycles. The van der Waals surface area contributed by atoms with Crippen LogP contribution >= 0.6 is 0 Å². The number of hydrogen-bond donors (Lipinski definition) is 2. The van der Waals surface area contributed by atoms with Crippen molar-refractivity contribution in [3.05, 3.63) is 35.4 Å². The molecule has 112 valence electrons. The zero-order valence-corrected chi connectivity index (χ0v) is 12.7. The molecule has 0 spiro atoms. The number of benzene rings is 1. The summed E-state index contributed by atoms with van der Waals surface area (Å²) in [6.07, 6.45) is 4.57. The van der Waals surface area contributed by atoms with Crippen LogP contribution in [0, 0.1) is 5.92 Å². The van der Waals surface area contributed by atoms with E-state index in [0.29, 0.717) is 6.61 Å². The number of hydrogen-bond acceptors (Lipinski definition) is 3. The molecule has 0 unspecified atom stereocenters. The fourth-order valence-electron chi connectivity index (χ4n) is 2.92. The van der Waals surface area contributed by atoms with Crippen molar-refractivity contribution in [2.75, 3.05) is 13.7 Å². The third-order valence-electron chi connectivity index (χ3n) is 4.54. The molecular formula is C17H27NO2. The minimum atomic E-state index is -0.0717. The average Bonchev–Trinajstić information content (AvgIpc) is 2.49. The van der Waals surface area contributed by atoms with Crippen LogP contribution in [-0.4, -0.2) is 24.4 Å². The zero-order valence-electron chi connectivity index (χ0n) is 12.7. The number of aliphatic hydroxyl groups is 1. The summed E-state index contributed by atoms with van der Waals surface area (Å²) in [5, 5.41) is 13.3. The molecule has 0 saturated heterocycles. The van der Waals surface area contributed by atoms with Gasteiger partial charge in [-0.05, 0) is 42.7 Å². The Morgan fingerprint density at radius 3 is 2.35 bits per heavy atom. The van der Waals surface area contributed by atoms with E-state index in [9.17, 15) is 5.11 Å². The van der Waals surface area contributed by atoms with Crippen molar-refractivity contribution in [2.24, 2.45) is 5.92 Å². The van der Waals surface area contributed by atoms with Crippen LogP contribution in [-0.2, 0) is 17.9 Å². The Hall–Kier alpha value is -0.900. The Kier molecular flexibility index (Phi) is 5.58. The maximum atomic E-state index is 9.74. The molecule has 1 aromatic rings. The van der Waals surface area contributed by atoms with Crippen molar-refractivity contribution < 1.29 is 9.84 Å². The highest BCUT2D eigenvalue weighted by molar-refractivity contribution is 5.22. The van der Waals surface area contributed by atoms with Gasteiger partial charge in [0.25, 0.3) is 0 Å². The molecule has 0 aliphatic heterocycles. The number of rotatable bonds is 6. The van der Waals surface area contributed by atoms with Gasteiger partial charge in [-0.2, -0.15) is 0 Å². The molecule has 0 amide bonds. The molecule has 20 heavy (non-hydrogen) atoms. The SMILES string of the molecule is COCc1ccc(CNC2(CO)CCC(C)CC2)cc1. The fourth-order valence-corrected chi connectivity index (χ4v) is 2.92. The number of methoxy groups -OCH3 is 1. The van der Waals surface area contributed by atoms with Crippen molar-refractivity contribution in [2.45, 2.75) is 51.3 Å². The number of aliphatic hydroxyl groups excluding tert-OH is 1. The Bertz CT molecular complexity index is 394. The summed E-state index contributed by atoms with van der Waals surface area (Å²) in [7, 11) is 1.71. The predicted molar refractivity (Wildman–Crippen MR) is 81.4 cm³/mol. The van der Waals surface area contributed by atoms with Crippen LogP contribution in [0.15, 0.2) is 24.3 Å². The number of ether oxygens (including phenoxy) is 1. The van der Waals surface area contributed by atoms with Crippen molar-refractivity contribution >= 4 is 0 Å². The minimum Gasteiger partial charge on any atom is -0.394 e. The first-order valence-corrected chi connectivity index (χ1v) is 7.60. The van der Waals surface area contributed by atoms with Gasteiger partial charge in [0, 0.05) is 19.2 Å². The van der Waals surface area contributed by atoms with E-state index in [1.165, 1.54) is 24.0 Å². The van der Waals surface area contributed by atoms with Crippen LogP contribution in [0.2, 0.25) is 0 Å². The van der Waals surface area contributed by atoms with Crippen molar-refractivity contribution in [1.82, 2.24) is 5.32 Å². The topological polar surface area (TPSA) is 41.5 Å². The smallest absolute Gasteiger partial charge is 0.0713 e. The van der Waals surface area contributed by atoms with Gasteiger partial charge in [-0.15, -0.1) is 0 Å². The molecule has 1 saturated carbocycles. The molecule has 1 aliphatic rings. The van der Waals surface area contributed by atoms with E-state index >= 15 is 0 Å². The van der Waals surface area contributed by atoms with Crippen molar-refractivity contribution in [3.63, 3.8) is 0 Å². The van der Waals surface area contributed by atoms with Gasteiger partial charge in [0.05, 0.1) is 13.2 Å². The Labute approximate surface area is 122 Å². The van der Waals surface area contributed by atoms with E-state index < -0.39 is 0 Å². The first-order valence-electron chi connectivity index (χ1n) is 7.60. The molecule has 2 rings (SSSR count). The normalized spacial score (nSPS) is 26.6. The van der Waals surface area contributed by atoms with E-state index in [4.69, 9.17) is 4.74 Å². The van der Waals surface area contributed by atoms with Crippen molar-refractivity contribution in [3.8, 4) is 0 Å². The van der Waals surface area contributed by atoms with E-state index in [0.717, 1.165) is 25.3 Å². The van der Waals surface area contributed by atoms with Gasteiger partial charge in [0.1, 0.15) is 0 Å². The summed E-state index contributed by atoms with van der Waals surface area (Å²) in [5.74, 6) is 0.796. The molecule has 0 bridgehead atoms. The van der Waals surface area contributed by atoms with Gasteiger partial charge in [0.15, 0.2) is 0 Å². The standard InChI is InChI=1S/C17H27NO2/c1-14-7-9-17(13-19,10-8-14)18-11-15-3-5-16(6-4-15)12-20-2/h3-6,14,18-19H,7-13H2,1-2H3. The monoisotopic (exact) mass is 277 g/mol. The third-order valence-corrected chi connectivity index (χ3v) is 4.54. The lowest BCUT2D eigenvalue weighted by Crippen LogP contribution is -2.50. The highest BCUT2D eigenvalue weighted by Crippen LogP contribution is 2.31. The van der Waals surface area contributed by atoms with Gasteiger partial charge in [0.2, 0.25) is 0 Å². The largest absolute Gasteiger partial charge is 0.394 e. The van der Waals surface area contributed by atoms with Crippen LogP contribution in [0.1, 0.15) is 43.7 Å². The van der Waals surface area contributed by atoms with Gasteiger partial charge in [-0.1, -0.05) is 31.2 Å². The molecule has 3 nitrogen and oxygen atoms in total. The summed E-state index contributed by atoms with van der Waals surface area (Å²) in [6.45, 7) is 4.02. The first-order chi connectivity index (χ1) is 9.67. The van der Waals surface area contributed by atoms with Gasteiger partial charge in [-0.25, -0.2) is 0 Å². The average molecular weight is 277 g/mol. The maximum Gasteiger partial charge on any atom is 0.0713 e. The second kappa shape index (κ2) is 7.21. The fraction of sp³-hybridized carbons (Fsp3) is 0.647. The third kappa shape index (κ3) is 4.05.